The molecule has 0 rings (SSSR count). The molecule has 1 nitrogen and oxygen atoms in total. The van der Waals surface area contributed by atoms with Gasteiger partial charge in [-0.2, -0.15) is 13.2 Å². The first-order valence-corrected chi connectivity index (χ1v) is 3.87. The molecule has 12 heavy (non-hydrogen) atoms. The van der Waals surface area contributed by atoms with Crippen molar-refractivity contribution in [1.82, 2.24) is 0 Å². The molecule has 0 fully saturated rings. The van der Waals surface area contributed by atoms with Crippen molar-refractivity contribution in [3.05, 3.63) is 11.1 Å². The van der Waals surface area contributed by atoms with Crippen molar-refractivity contribution in [1.29, 1.82) is 0 Å². The molecule has 0 aromatic carbocycles. The summed E-state index contributed by atoms with van der Waals surface area (Å²) in [6.45, 7) is 2.22. The third-order valence-corrected chi connectivity index (χ3v) is 1.37. The monoisotopic (exact) mass is 202 g/mol. The van der Waals surface area contributed by atoms with Gasteiger partial charge in [-0.1, -0.05) is 18.5 Å². The first kappa shape index (κ1) is 11.8. The largest absolute Gasteiger partial charge is 0.426 e. The summed E-state index contributed by atoms with van der Waals surface area (Å²) in [5, 5.41) is -1.13. The molecule has 0 unspecified atom stereocenters. The summed E-state index contributed by atoms with van der Waals surface area (Å²) >= 11 is 4.89. The van der Waals surface area contributed by atoms with Gasteiger partial charge in [-0.25, -0.2) is 0 Å². The number of hydrogen-bond donors (Lipinski definition) is 0. The number of ether oxygens (including phenoxy) is 1. The molecule has 0 aromatic heterocycles. The van der Waals surface area contributed by atoms with Crippen LogP contribution < -0.4 is 0 Å². The van der Waals surface area contributed by atoms with Crippen LogP contribution in [0.4, 0.5) is 13.2 Å². The van der Waals surface area contributed by atoms with Gasteiger partial charge in [0.25, 0.3) is 0 Å². The Bertz CT molecular complexity index is 153. The highest BCUT2D eigenvalue weighted by Gasteiger charge is 2.31. The molecule has 5 heteroatoms. The summed E-state index contributed by atoms with van der Waals surface area (Å²) in [4.78, 5) is 0. The Morgan fingerprint density at radius 2 is 2.08 bits per heavy atom. The van der Waals surface area contributed by atoms with E-state index in [0.29, 0.717) is 6.61 Å². The smallest absolute Gasteiger partial charge is 0.377 e. The Balaban J connectivity index is 3.70. The van der Waals surface area contributed by atoms with Gasteiger partial charge in [0.05, 0.1) is 6.61 Å². The highest BCUT2D eigenvalue weighted by Crippen LogP contribution is 2.28. The summed E-state index contributed by atoms with van der Waals surface area (Å²) < 4.78 is 39.9. The van der Waals surface area contributed by atoms with Gasteiger partial charge in [0.15, 0.2) is 0 Å². The molecule has 72 valence electrons. The minimum Gasteiger partial charge on any atom is -0.377 e. The van der Waals surface area contributed by atoms with E-state index in [1.165, 1.54) is 0 Å². The van der Waals surface area contributed by atoms with Crippen LogP contribution in [-0.4, -0.2) is 19.4 Å². The molecule has 0 bridgehead atoms. The fraction of sp³-hybridized carbons (Fsp3) is 0.714. The van der Waals surface area contributed by atoms with E-state index in [1.54, 1.807) is 0 Å². The van der Waals surface area contributed by atoms with Crippen LogP contribution in [0.5, 0.6) is 0 Å². The summed E-state index contributed by atoms with van der Waals surface area (Å²) in [7, 11) is 0. The van der Waals surface area contributed by atoms with E-state index in [2.05, 4.69) is 0 Å². The van der Waals surface area contributed by atoms with Crippen molar-refractivity contribution in [3.63, 3.8) is 0 Å². The number of alkyl halides is 3. The Hall–Kier alpha value is -0.220. The molecule has 0 saturated carbocycles. The van der Waals surface area contributed by atoms with Crippen molar-refractivity contribution < 1.29 is 17.9 Å². The topological polar surface area (TPSA) is 9.23 Å². The van der Waals surface area contributed by atoms with E-state index in [0.717, 1.165) is 12.5 Å². The molecule has 0 atom stereocenters. The molecular weight excluding hydrogens is 193 g/mol. The van der Waals surface area contributed by atoms with Crippen molar-refractivity contribution in [2.24, 2.45) is 0 Å². The maximum absolute atomic E-state index is 11.7. The van der Waals surface area contributed by atoms with Crippen molar-refractivity contribution >= 4 is 11.6 Å². The van der Waals surface area contributed by atoms with Crippen LogP contribution in [-0.2, 0) is 4.74 Å². The minimum absolute atomic E-state index is 0.0911. The van der Waals surface area contributed by atoms with Crippen molar-refractivity contribution in [3.8, 4) is 0 Å². The zero-order valence-corrected chi connectivity index (χ0v) is 7.37. The second-order valence-corrected chi connectivity index (χ2v) is 2.53. The van der Waals surface area contributed by atoms with E-state index in [-0.39, 0.29) is 6.61 Å². The van der Waals surface area contributed by atoms with Gasteiger partial charge < -0.3 is 4.74 Å². The maximum atomic E-state index is 11.7. The lowest BCUT2D eigenvalue weighted by Gasteiger charge is -2.03. The molecule has 0 heterocycles. The SMILES string of the molecule is CCCOC/C=C(\Cl)C(F)(F)F. The summed E-state index contributed by atoms with van der Waals surface area (Å²) in [6, 6.07) is 0. The number of halogens is 4. The van der Waals surface area contributed by atoms with E-state index in [9.17, 15) is 13.2 Å². The third-order valence-electron chi connectivity index (χ3n) is 1.000. The summed E-state index contributed by atoms with van der Waals surface area (Å²) in [6.07, 6.45) is -2.86. The second-order valence-electron chi connectivity index (χ2n) is 2.12. The van der Waals surface area contributed by atoms with E-state index in [4.69, 9.17) is 16.3 Å². The molecular formula is C7H10ClF3O. The maximum Gasteiger partial charge on any atom is 0.426 e. The molecule has 0 saturated heterocycles. The van der Waals surface area contributed by atoms with Crippen LogP contribution in [0.2, 0.25) is 0 Å². The quantitative estimate of drug-likeness (QED) is 0.637. The lowest BCUT2D eigenvalue weighted by Crippen LogP contribution is -2.08. The van der Waals surface area contributed by atoms with Crippen LogP contribution in [0.3, 0.4) is 0 Å². The highest BCUT2D eigenvalue weighted by atomic mass is 35.5. The molecule has 0 radical (unpaired) electrons. The molecule has 0 aliphatic rings. The average Bonchev–Trinajstić information content (AvgIpc) is 1.96. The first-order chi connectivity index (χ1) is 5.48. The predicted octanol–water partition coefficient (Wildman–Crippen LogP) is 3.10. The second kappa shape index (κ2) is 5.43. The Morgan fingerprint density at radius 3 is 2.50 bits per heavy atom. The fourth-order valence-corrected chi connectivity index (χ4v) is 0.538. The summed E-state index contributed by atoms with van der Waals surface area (Å²) in [5.74, 6) is 0. The molecule has 0 spiro atoms. The molecule has 0 aromatic rings. The average molecular weight is 203 g/mol. The van der Waals surface area contributed by atoms with Crippen molar-refractivity contribution in [2.75, 3.05) is 13.2 Å². The first-order valence-electron chi connectivity index (χ1n) is 3.49. The molecule has 0 N–H and O–H groups in total. The fourth-order valence-electron chi connectivity index (χ4n) is 0.475. The van der Waals surface area contributed by atoms with Crippen LogP contribution in [0.15, 0.2) is 11.1 Å². The number of allylic oxidation sites excluding steroid dienone is 1. The standard InChI is InChI=1S/C7H10ClF3O/c1-2-4-12-5-3-6(8)7(9,10)11/h3H,2,4-5H2,1H3/b6-3-. The highest BCUT2D eigenvalue weighted by molar-refractivity contribution is 6.30. The van der Waals surface area contributed by atoms with Gasteiger partial charge in [0.2, 0.25) is 0 Å². The van der Waals surface area contributed by atoms with Gasteiger partial charge in [-0.05, 0) is 12.5 Å². The third kappa shape index (κ3) is 5.43. The normalized spacial score (nSPS) is 13.6. The Morgan fingerprint density at radius 1 is 1.50 bits per heavy atom. The van der Waals surface area contributed by atoms with Crippen molar-refractivity contribution in [2.45, 2.75) is 19.5 Å². The predicted molar refractivity (Wildman–Crippen MR) is 41.1 cm³/mol. The van der Waals surface area contributed by atoms with Gasteiger partial charge in [0.1, 0.15) is 5.03 Å². The lowest BCUT2D eigenvalue weighted by atomic mass is 10.5. The van der Waals surface area contributed by atoms with Crippen LogP contribution in [0, 0.1) is 0 Å². The van der Waals surface area contributed by atoms with Gasteiger partial charge >= 0.3 is 6.18 Å². The Labute approximate surface area is 74.2 Å². The lowest BCUT2D eigenvalue weighted by molar-refractivity contribution is -0.0850. The van der Waals surface area contributed by atoms with Gasteiger partial charge in [0, 0.05) is 6.61 Å². The minimum atomic E-state index is -4.45. The zero-order valence-electron chi connectivity index (χ0n) is 6.62. The van der Waals surface area contributed by atoms with E-state index >= 15 is 0 Å². The molecule has 0 amide bonds. The molecule has 0 aliphatic carbocycles. The van der Waals surface area contributed by atoms with Crippen LogP contribution in [0.1, 0.15) is 13.3 Å². The molecule has 0 aliphatic heterocycles. The van der Waals surface area contributed by atoms with Gasteiger partial charge in [-0.3, -0.25) is 0 Å². The van der Waals surface area contributed by atoms with Gasteiger partial charge in [-0.15, -0.1) is 0 Å². The van der Waals surface area contributed by atoms with E-state index in [1.807, 2.05) is 6.92 Å². The van der Waals surface area contributed by atoms with Crippen LogP contribution in [0.25, 0.3) is 0 Å². The number of rotatable bonds is 4. The zero-order chi connectivity index (χ0) is 9.61. The van der Waals surface area contributed by atoms with Crippen LogP contribution >= 0.6 is 11.6 Å². The van der Waals surface area contributed by atoms with E-state index < -0.39 is 11.2 Å². The summed E-state index contributed by atoms with van der Waals surface area (Å²) in [5.41, 5.74) is 0. The Kier molecular flexibility index (Phi) is 5.33. The number of hydrogen-bond acceptors (Lipinski definition) is 1.